The van der Waals surface area contributed by atoms with Gasteiger partial charge in [-0.2, -0.15) is 0 Å². The van der Waals surface area contributed by atoms with E-state index in [1.54, 1.807) is 23.9 Å². The van der Waals surface area contributed by atoms with Gasteiger partial charge in [-0.05, 0) is 30.2 Å². The number of aryl methyl sites for hydroxylation is 1. The lowest BCUT2D eigenvalue weighted by molar-refractivity contribution is 0.472. The minimum Gasteiger partial charge on any atom is -0.508 e. The first-order chi connectivity index (χ1) is 9.65. The van der Waals surface area contributed by atoms with Gasteiger partial charge < -0.3 is 5.11 Å². The van der Waals surface area contributed by atoms with Crippen molar-refractivity contribution >= 4 is 10.9 Å². The van der Waals surface area contributed by atoms with Crippen LogP contribution in [-0.4, -0.2) is 14.7 Å². The third kappa shape index (κ3) is 2.16. The van der Waals surface area contributed by atoms with Crippen LogP contribution in [0.4, 0.5) is 0 Å². The van der Waals surface area contributed by atoms with E-state index in [1.807, 2.05) is 30.3 Å². The molecule has 0 amide bonds. The minimum atomic E-state index is -0.144. The predicted molar refractivity (Wildman–Crippen MR) is 77.9 cm³/mol. The summed E-state index contributed by atoms with van der Waals surface area (Å²) >= 11 is 0. The highest BCUT2D eigenvalue weighted by atomic mass is 16.3. The van der Waals surface area contributed by atoms with Crippen molar-refractivity contribution in [3.8, 4) is 5.75 Å². The Balaban J connectivity index is 2.12. The summed E-state index contributed by atoms with van der Waals surface area (Å²) in [5.41, 5.74) is 2.21. The summed E-state index contributed by atoms with van der Waals surface area (Å²) < 4.78 is 1.55. The minimum absolute atomic E-state index is 0.119. The number of fused-ring (bicyclic) bond motifs is 1. The number of hydrogen-bond acceptors (Lipinski definition) is 3. The molecule has 3 rings (SSSR count). The van der Waals surface area contributed by atoms with Crippen molar-refractivity contribution in [2.45, 2.75) is 13.5 Å². The van der Waals surface area contributed by atoms with Crippen molar-refractivity contribution in [1.82, 2.24) is 9.55 Å². The van der Waals surface area contributed by atoms with E-state index in [0.717, 1.165) is 5.56 Å². The van der Waals surface area contributed by atoms with Crippen molar-refractivity contribution < 1.29 is 5.11 Å². The SMILES string of the molecule is Cc1cc2ncn(Cc3ccccc3)c(=O)c2cc1O. The van der Waals surface area contributed by atoms with Crippen LogP contribution in [-0.2, 0) is 6.54 Å². The molecule has 0 atom stereocenters. The number of phenols is 1. The summed E-state index contributed by atoms with van der Waals surface area (Å²) in [7, 11) is 0. The normalized spacial score (nSPS) is 10.8. The van der Waals surface area contributed by atoms with Gasteiger partial charge in [0.2, 0.25) is 0 Å². The molecule has 2 aromatic carbocycles. The van der Waals surface area contributed by atoms with Gasteiger partial charge >= 0.3 is 0 Å². The Morgan fingerprint density at radius 2 is 1.95 bits per heavy atom. The van der Waals surface area contributed by atoms with Crippen LogP contribution in [0.15, 0.2) is 53.6 Å². The fraction of sp³-hybridized carbons (Fsp3) is 0.125. The second-order valence-electron chi connectivity index (χ2n) is 4.82. The topological polar surface area (TPSA) is 55.1 Å². The van der Waals surface area contributed by atoms with E-state index in [9.17, 15) is 9.90 Å². The molecule has 0 aliphatic carbocycles. The Kier molecular flexibility index (Phi) is 2.99. The van der Waals surface area contributed by atoms with Gasteiger partial charge in [0.25, 0.3) is 5.56 Å². The molecule has 4 heteroatoms. The summed E-state index contributed by atoms with van der Waals surface area (Å²) in [6.07, 6.45) is 1.55. The molecule has 20 heavy (non-hydrogen) atoms. The van der Waals surface area contributed by atoms with E-state index in [2.05, 4.69) is 4.98 Å². The summed E-state index contributed by atoms with van der Waals surface area (Å²) in [5, 5.41) is 10.2. The zero-order valence-electron chi connectivity index (χ0n) is 11.1. The van der Waals surface area contributed by atoms with Crippen LogP contribution in [0.3, 0.4) is 0 Å². The first-order valence-electron chi connectivity index (χ1n) is 6.38. The number of hydrogen-bond donors (Lipinski definition) is 1. The maximum Gasteiger partial charge on any atom is 0.261 e. The molecule has 0 aliphatic heterocycles. The molecule has 0 bridgehead atoms. The average Bonchev–Trinajstić information content (AvgIpc) is 2.46. The van der Waals surface area contributed by atoms with E-state index in [0.29, 0.717) is 23.0 Å². The zero-order chi connectivity index (χ0) is 14.1. The van der Waals surface area contributed by atoms with Crippen LogP contribution in [0, 0.1) is 6.92 Å². The number of benzene rings is 2. The molecule has 100 valence electrons. The van der Waals surface area contributed by atoms with Gasteiger partial charge in [0.15, 0.2) is 0 Å². The Hall–Kier alpha value is -2.62. The van der Waals surface area contributed by atoms with Crippen molar-refractivity contribution in [3.05, 3.63) is 70.3 Å². The molecule has 0 fully saturated rings. The summed E-state index contributed by atoms with van der Waals surface area (Å²) in [5.74, 6) is 0.119. The van der Waals surface area contributed by atoms with Crippen LogP contribution in [0.1, 0.15) is 11.1 Å². The number of phenolic OH excluding ortho intramolecular Hbond substituents is 1. The van der Waals surface area contributed by atoms with Crippen molar-refractivity contribution in [1.29, 1.82) is 0 Å². The van der Waals surface area contributed by atoms with E-state index in [1.165, 1.54) is 6.07 Å². The van der Waals surface area contributed by atoms with E-state index < -0.39 is 0 Å². The lowest BCUT2D eigenvalue weighted by Gasteiger charge is -2.08. The Morgan fingerprint density at radius 3 is 2.70 bits per heavy atom. The van der Waals surface area contributed by atoms with Crippen molar-refractivity contribution in [2.75, 3.05) is 0 Å². The maximum absolute atomic E-state index is 12.4. The highest BCUT2D eigenvalue weighted by Crippen LogP contribution is 2.20. The molecule has 1 N–H and O–H groups in total. The van der Waals surface area contributed by atoms with Crippen LogP contribution in [0.2, 0.25) is 0 Å². The van der Waals surface area contributed by atoms with Gasteiger partial charge in [-0.3, -0.25) is 9.36 Å². The Morgan fingerprint density at radius 1 is 1.20 bits per heavy atom. The third-order valence-electron chi connectivity index (χ3n) is 3.34. The highest BCUT2D eigenvalue weighted by molar-refractivity contribution is 5.80. The third-order valence-corrected chi connectivity index (χ3v) is 3.34. The largest absolute Gasteiger partial charge is 0.508 e. The quantitative estimate of drug-likeness (QED) is 0.775. The molecule has 0 aliphatic rings. The molecular formula is C16H14N2O2. The van der Waals surface area contributed by atoms with Crippen LogP contribution >= 0.6 is 0 Å². The molecule has 1 aromatic heterocycles. The lowest BCUT2D eigenvalue weighted by atomic mass is 10.1. The molecule has 1 heterocycles. The number of aromatic nitrogens is 2. The van der Waals surface area contributed by atoms with Gasteiger partial charge in [0.1, 0.15) is 5.75 Å². The number of nitrogens with zero attached hydrogens (tertiary/aromatic N) is 2. The standard InChI is InChI=1S/C16H14N2O2/c1-11-7-14-13(8-15(11)19)16(20)18(10-17-14)9-12-5-3-2-4-6-12/h2-8,10,19H,9H2,1H3. The first-order valence-corrected chi connectivity index (χ1v) is 6.38. The predicted octanol–water partition coefficient (Wildman–Crippen LogP) is 2.46. The Bertz CT molecular complexity index is 823. The van der Waals surface area contributed by atoms with E-state index >= 15 is 0 Å². The van der Waals surface area contributed by atoms with Crippen molar-refractivity contribution in [2.24, 2.45) is 0 Å². The summed E-state index contributed by atoms with van der Waals surface area (Å²) in [6.45, 7) is 2.25. The number of aromatic hydroxyl groups is 1. The van der Waals surface area contributed by atoms with Crippen LogP contribution in [0.5, 0.6) is 5.75 Å². The lowest BCUT2D eigenvalue weighted by Crippen LogP contribution is -2.21. The Labute approximate surface area is 116 Å². The van der Waals surface area contributed by atoms with Gasteiger partial charge in [-0.25, -0.2) is 4.98 Å². The van der Waals surface area contributed by atoms with Crippen molar-refractivity contribution in [3.63, 3.8) is 0 Å². The fourth-order valence-corrected chi connectivity index (χ4v) is 2.19. The zero-order valence-corrected chi connectivity index (χ0v) is 11.1. The molecule has 4 nitrogen and oxygen atoms in total. The second kappa shape index (κ2) is 4.81. The molecule has 0 spiro atoms. The van der Waals surface area contributed by atoms with Crippen LogP contribution in [0.25, 0.3) is 10.9 Å². The van der Waals surface area contributed by atoms with Gasteiger partial charge in [-0.15, -0.1) is 0 Å². The molecule has 3 aromatic rings. The van der Waals surface area contributed by atoms with Crippen LogP contribution < -0.4 is 5.56 Å². The smallest absolute Gasteiger partial charge is 0.261 e. The highest BCUT2D eigenvalue weighted by Gasteiger charge is 2.07. The fourth-order valence-electron chi connectivity index (χ4n) is 2.19. The average molecular weight is 266 g/mol. The van der Waals surface area contributed by atoms with Gasteiger partial charge in [-0.1, -0.05) is 30.3 Å². The van der Waals surface area contributed by atoms with E-state index in [-0.39, 0.29) is 11.3 Å². The second-order valence-corrected chi connectivity index (χ2v) is 4.82. The molecule has 0 radical (unpaired) electrons. The molecule has 0 saturated heterocycles. The first kappa shape index (κ1) is 12.4. The number of rotatable bonds is 2. The van der Waals surface area contributed by atoms with E-state index in [4.69, 9.17) is 0 Å². The maximum atomic E-state index is 12.4. The summed E-state index contributed by atoms with van der Waals surface area (Å²) in [4.78, 5) is 16.7. The summed E-state index contributed by atoms with van der Waals surface area (Å²) in [6, 6.07) is 12.9. The monoisotopic (exact) mass is 266 g/mol. The van der Waals surface area contributed by atoms with Gasteiger partial charge in [0, 0.05) is 0 Å². The van der Waals surface area contributed by atoms with Gasteiger partial charge in [0.05, 0.1) is 23.8 Å². The molecule has 0 saturated carbocycles. The molecule has 0 unspecified atom stereocenters. The molecular weight excluding hydrogens is 252 g/mol.